The normalized spacial score (nSPS) is 19.9. The Hall–Kier alpha value is -2.87. The Morgan fingerprint density at radius 2 is 1.72 bits per heavy atom. The van der Waals surface area contributed by atoms with E-state index < -0.39 is 29.2 Å². The molecule has 2 atom stereocenters. The number of likely N-dealkylation sites (tertiary alicyclic amines) is 1. The molecule has 1 saturated heterocycles. The minimum Gasteiger partial charge on any atom is -0.368 e. The van der Waals surface area contributed by atoms with Gasteiger partial charge in [0, 0.05) is 30.0 Å². The van der Waals surface area contributed by atoms with Gasteiger partial charge in [0.05, 0.1) is 19.8 Å². The molecule has 0 aromatic heterocycles. The van der Waals surface area contributed by atoms with Gasteiger partial charge in [0.1, 0.15) is 11.7 Å². The molecular formula is C28H27ClF3NO3. The minimum absolute atomic E-state index is 0.0460. The van der Waals surface area contributed by atoms with Gasteiger partial charge in [-0.05, 0) is 29.3 Å². The number of halogens is 4. The van der Waals surface area contributed by atoms with Gasteiger partial charge in [0.15, 0.2) is 17.5 Å². The van der Waals surface area contributed by atoms with Crippen molar-refractivity contribution in [3.63, 3.8) is 0 Å². The molecule has 1 fully saturated rings. The summed E-state index contributed by atoms with van der Waals surface area (Å²) < 4.78 is 54.4. The predicted octanol–water partition coefficient (Wildman–Crippen LogP) is 6.40. The maximum atomic E-state index is 14.4. The van der Waals surface area contributed by atoms with Gasteiger partial charge in [-0.3, -0.25) is 4.79 Å². The van der Waals surface area contributed by atoms with Crippen LogP contribution < -0.4 is 0 Å². The number of hydrogen-bond donors (Lipinski definition) is 0. The zero-order valence-corrected chi connectivity index (χ0v) is 20.6. The number of hydrogen-bond acceptors (Lipinski definition) is 3. The summed E-state index contributed by atoms with van der Waals surface area (Å²) in [4.78, 5) is 14.2. The van der Waals surface area contributed by atoms with Crippen LogP contribution in [0.15, 0.2) is 66.7 Å². The predicted molar refractivity (Wildman–Crippen MR) is 131 cm³/mol. The van der Waals surface area contributed by atoms with Crippen LogP contribution >= 0.6 is 11.6 Å². The van der Waals surface area contributed by atoms with Crippen molar-refractivity contribution in [2.45, 2.75) is 44.7 Å². The molecule has 8 heteroatoms. The van der Waals surface area contributed by atoms with E-state index in [4.69, 9.17) is 21.1 Å². The summed E-state index contributed by atoms with van der Waals surface area (Å²) in [7, 11) is 0. The number of rotatable bonds is 8. The summed E-state index contributed by atoms with van der Waals surface area (Å²) in [6.45, 7) is 2.34. The van der Waals surface area contributed by atoms with Crippen molar-refractivity contribution >= 4 is 17.5 Å². The number of ether oxygens (including phenoxy) is 2. The standard InChI is InChI=1S/C28H27ClF3NO3/c1-2-25(34)33-15-14-28(21-9-11-22(29)12-10-21,36-17-19-6-4-3-5-7-19)24(16-33)35-18-20-8-13-23(30)27(32)26(20)31/h3-13,24H,2,14-18H2,1H3/t24-,28-/m1/s1. The van der Waals surface area contributed by atoms with Crippen molar-refractivity contribution in [1.29, 1.82) is 0 Å². The summed E-state index contributed by atoms with van der Waals surface area (Å²) in [5.41, 5.74) is 0.617. The van der Waals surface area contributed by atoms with Crippen LogP contribution in [0, 0.1) is 17.5 Å². The third kappa shape index (κ3) is 5.59. The Labute approximate surface area is 213 Å². The number of carbonyl (C=O) groups excluding carboxylic acids is 1. The van der Waals surface area contributed by atoms with Gasteiger partial charge in [0.2, 0.25) is 5.91 Å². The van der Waals surface area contributed by atoms with Crippen molar-refractivity contribution in [1.82, 2.24) is 4.90 Å². The second-order valence-electron chi connectivity index (χ2n) is 8.75. The highest BCUT2D eigenvalue weighted by molar-refractivity contribution is 6.30. The third-order valence-corrected chi connectivity index (χ3v) is 6.79. The number of nitrogens with zero attached hydrogens (tertiary/aromatic N) is 1. The van der Waals surface area contributed by atoms with Crippen LogP contribution in [0.3, 0.4) is 0 Å². The summed E-state index contributed by atoms with van der Waals surface area (Å²) in [5, 5.41) is 0.553. The maximum absolute atomic E-state index is 14.4. The number of benzene rings is 3. The van der Waals surface area contributed by atoms with Gasteiger partial charge >= 0.3 is 0 Å². The van der Waals surface area contributed by atoms with E-state index in [9.17, 15) is 18.0 Å². The molecule has 4 rings (SSSR count). The lowest BCUT2D eigenvalue weighted by Crippen LogP contribution is -2.57. The monoisotopic (exact) mass is 517 g/mol. The fraction of sp³-hybridized carbons (Fsp3) is 0.321. The van der Waals surface area contributed by atoms with Crippen molar-refractivity contribution in [2.75, 3.05) is 13.1 Å². The molecule has 1 heterocycles. The average Bonchev–Trinajstić information content (AvgIpc) is 2.91. The van der Waals surface area contributed by atoms with Crippen molar-refractivity contribution < 1.29 is 27.4 Å². The van der Waals surface area contributed by atoms with E-state index in [1.54, 1.807) is 24.0 Å². The van der Waals surface area contributed by atoms with Crippen LogP contribution in [0.4, 0.5) is 13.2 Å². The van der Waals surface area contributed by atoms with Gasteiger partial charge in [0.25, 0.3) is 0 Å². The fourth-order valence-electron chi connectivity index (χ4n) is 4.50. The second-order valence-corrected chi connectivity index (χ2v) is 9.18. The van der Waals surface area contributed by atoms with Crippen LogP contribution in [0.1, 0.15) is 36.5 Å². The summed E-state index contributed by atoms with van der Waals surface area (Å²) >= 11 is 6.14. The smallest absolute Gasteiger partial charge is 0.222 e. The molecule has 1 amide bonds. The van der Waals surface area contributed by atoms with Crippen LogP contribution in [0.25, 0.3) is 0 Å². The van der Waals surface area contributed by atoms with Gasteiger partial charge in [-0.1, -0.05) is 67.1 Å². The van der Waals surface area contributed by atoms with Crippen LogP contribution in [0.5, 0.6) is 0 Å². The van der Waals surface area contributed by atoms with E-state index >= 15 is 0 Å². The molecule has 190 valence electrons. The largest absolute Gasteiger partial charge is 0.368 e. The first-order chi connectivity index (χ1) is 17.3. The highest BCUT2D eigenvalue weighted by Crippen LogP contribution is 2.40. The van der Waals surface area contributed by atoms with Gasteiger partial charge in [-0.25, -0.2) is 13.2 Å². The zero-order valence-electron chi connectivity index (χ0n) is 19.9. The number of carbonyl (C=O) groups is 1. The first-order valence-electron chi connectivity index (χ1n) is 11.8. The Morgan fingerprint density at radius 3 is 2.42 bits per heavy atom. The first-order valence-corrected chi connectivity index (χ1v) is 12.2. The Morgan fingerprint density at radius 1 is 1.00 bits per heavy atom. The summed E-state index contributed by atoms with van der Waals surface area (Å²) in [6, 6.07) is 18.8. The molecule has 0 unspecified atom stereocenters. The lowest BCUT2D eigenvalue weighted by molar-refractivity contribution is -0.196. The van der Waals surface area contributed by atoms with E-state index in [0.717, 1.165) is 23.3 Å². The lowest BCUT2D eigenvalue weighted by Gasteiger charge is -2.47. The highest BCUT2D eigenvalue weighted by Gasteiger charge is 2.47. The molecule has 0 N–H and O–H groups in total. The van der Waals surface area contributed by atoms with Gasteiger partial charge in [-0.2, -0.15) is 0 Å². The Balaban J connectivity index is 1.70. The van der Waals surface area contributed by atoms with Gasteiger partial charge in [-0.15, -0.1) is 0 Å². The maximum Gasteiger partial charge on any atom is 0.222 e. The summed E-state index contributed by atoms with van der Waals surface area (Å²) in [6.07, 6.45) is 0.0146. The molecule has 36 heavy (non-hydrogen) atoms. The molecule has 0 saturated carbocycles. The van der Waals surface area contributed by atoms with E-state index in [-0.39, 0.29) is 31.2 Å². The van der Waals surface area contributed by atoms with Crippen molar-refractivity contribution in [2.24, 2.45) is 0 Å². The second kappa shape index (κ2) is 11.5. The number of amides is 1. The fourth-order valence-corrected chi connectivity index (χ4v) is 4.63. The topological polar surface area (TPSA) is 38.8 Å². The molecule has 1 aliphatic rings. The molecule has 1 aliphatic heterocycles. The number of piperidine rings is 1. The Bertz CT molecular complexity index is 1190. The lowest BCUT2D eigenvalue weighted by atomic mass is 9.81. The molecule has 3 aromatic rings. The zero-order chi connectivity index (χ0) is 25.7. The average molecular weight is 518 g/mol. The SMILES string of the molecule is CCC(=O)N1CC[C@@](OCc2ccccc2)(c2ccc(Cl)cc2)[C@H](OCc2ccc(F)c(F)c2F)C1. The Kier molecular flexibility index (Phi) is 8.34. The quantitative estimate of drug-likeness (QED) is 0.325. The highest BCUT2D eigenvalue weighted by atomic mass is 35.5. The van der Waals surface area contributed by atoms with E-state index in [1.165, 1.54) is 0 Å². The van der Waals surface area contributed by atoms with Crippen LogP contribution in [0.2, 0.25) is 5.02 Å². The molecular weight excluding hydrogens is 491 g/mol. The van der Waals surface area contributed by atoms with Crippen LogP contribution in [-0.4, -0.2) is 30.0 Å². The summed E-state index contributed by atoms with van der Waals surface area (Å²) in [5.74, 6) is -4.16. The van der Waals surface area contributed by atoms with Crippen molar-refractivity contribution in [3.8, 4) is 0 Å². The molecule has 0 radical (unpaired) electrons. The van der Waals surface area contributed by atoms with Gasteiger partial charge < -0.3 is 14.4 Å². The molecule has 4 nitrogen and oxygen atoms in total. The van der Waals surface area contributed by atoms with E-state index in [1.807, 2.05) is 42.5 Å². The first kappa shape index (κ1) is 26.2. The molecule has 0 spiro atoms. The van der Waals surface area contributed by atoms with E-state index in [0.29, 0.717) is 24.4 Å². The van der Waals surface area contributed by atoms with Crippen LogP contribution in [-0.2, 0) is 33.1 Å². The molecule has 0 aliphatic carbocycles. The third-order valence-electron chi connectivity index (χ3n) is 6.54. The van der Waals surface area contributed by atoms with Crippen molar-refractivity contribution in [3.05, 3.63) is 106 Å². The molecule has 3 aromatic carbocycles. The van der Waals surface area contributed by atoms with E-state index in [2.05, 4.69) is 0 Å². The molecule has 0 bridgehead atoms. The minimum atomic E-state index is -1.55.